The van der Waals surface area contributed by atoms with Gasteiger partial charge in [0.15, 0.2) is 0 Å². The van der Waals surface area contributed by atoms with E-state index in [1.807, 2.05) is 29.2 Å². The number of likely N-dealkylation sites (tertiary alicyclic amines) is 1. The zero-order chi connectivity index (χ0) is 21.4. The van der Waals surface area contributed by atoms with Crippen LogP contribution >= 0.6 is 0 Å². The number of hydrogen-bond acceptors (Lipinski definition) is 6. The van der Waals surface area contributed by atoms with Crippen LogP contribution in [0.15, 0.2) is 42.7 Å². The van der Waals surface area contributed by atoms with E-state index in [1.54, 1.807) is 12.4 Å². The number of nitrogens with two attached hydrogens (primary N) is 1. The molecule has 0 unspecified atom stereocenters. The highest BCUT2D eigenvalue weighted by Gasteiger charge is 2.31. The van der Waals surface area contributed by atoms with Gasteiger partial charge in [-0.1, -0.05) is 19.6 Å². The first-order chi connectivity index (χ1) is 15.1. The molecule has 0 radical (unpaired) electrons. The Labute approximate surface area is 189 Å². The Morgan fingerprint density at radius 1 is 1.12 bits per heavy atom. The van der Waals surface area contributed by atoms with E-state index in [9.17, 15) is 4.79 Å². The maximum absolute atomic E-state index is 13.2. The molecule has 1 amide bonds. The molecule has 0 spiro atoms. The first kappa shape index (κ1) is 22.0. The monoisotopic (exact) mass is 432 g/mol. The lowest BCUT2D eigenvalue weighted by Gasteiger charge is -2.29. The summed E-state index contributed by atoms with van der Waals surface area (Å²) in [5, 5.41) is 5.45. The number of nitrogens with one attached hydrogen (secondary N) is 1. The molecule has 7 heteroatoms. The Morgan fingerprint density at radius 3 is 2.72 bits per heavy atom. The molecule has 2 aliphatic heterocycles. The Kier molecular flexibility index (Phi) is 6.28. The number of hydrogen-bond donors (Lipinski definition) is 2. The van der Waals surface area contributed by atoms with E-state index in [1.165, 1.54) is 12.8 Å². The van der Waals surface area contributed by atoms with E-state index >= 15 is 0 Å². The second-order valence-electron chi connectivity index (χ2n) is 8.73. The number of pyridine rings is 2. The number of nitrogens with zero attached hydrogens (tertiary/aromatic N) is 4. The van der Waals surface area contributed by atoms with Gasteiger partial charge in [-0.15, -0.1) is 0 Å². The van der Waals surface area contributed by atoms with Gasteiger partial charge < -0.3 is 20.9 Å². The molecule has 4 heterocycles. The van der Waals surface area contributed by atoms with Gasteiger partial charge in [-0.05, 0) is 73.6 Å². The number of carbonyl (C=O) groups excluding carboxylic acids is 1. The van der Waals surface area contributed by atoms with Crippen molar-refractivity contribution in [3.8, 4) is 0 Å². The van der Waals surface area contributed by atoms with Gasteiger partial charge in [0, 0.05) is 37.4 Å². The summed E-state index contributed by atoms with van der Waals surface area (Å²) in [6.07, 6.45) is 5.88. The van der Waals surface area contributed by atoms with Gasteiger partial charge >= 0.3 is 0 Å². The third-order valence-corrected chi connectivity index (χ3v) is 6.53. The summed E-state index contributed by atoms with van der Waals surface area (Å²) in [5.74, 6) is 1.92. The van der Waals surface area contributed by atoms with Gasteiger partial charge in [0.1, 0.15) is 11.6 Å². The molecule has 2 aliphatic rings. The number of fused-ring (bicyclic) bond motifs is 2. The van der Waals surface area contributed by atoms with Gasteiger partial charge in [-0.2, -0.15) is 0 Å². The van der Waals surface area contributed by atoms with Crippen molar-refractivity contribution in [2.45, 2.75) is 33.4 Å². The summed E-state index contributed by atoms with van der Waals surface area (Å²) in [6, 6.07) is 10.00. The molecular formula is C25H32N6O. The van der Waals surface area contributed by atoms with Crippen LogP contribution in [-0.4, -0.2) is 52.4 Å². The molecule has 1 saturated heterocycles. The lowest BCUT2D eigenvalue weighted by Crippen LogP contribution is -2.33. The number of aromatic nitrogens is 2. The van der Waals surface area contributed by atoms with Gasteiger partial charge in [-0.25, -0.2) is 9.97 Å². The minimum Gasteiger partial charge on any atom is -0.383 e. The molecule has 5 rings (SSSR count). The van der Waals surface area contributed by atoms with Crippen molar-refractivity contribution in [3.05, 3.63) is 59.4 Å². The maximum atomic E-state index is 13.2. The topological polar surface area (TPSA) is 87.4 Å². The summed E-state index contributed by atoms with van der Waals surface area (Å²) in [6.45, 7) is 4.29. The van der Waals surface area contributed by atoms with Crippen LogP contribution in [0, 0.1) is 5.92 Å². The van der Waals surface area contributed by atoms with E-state index in [4.69, 9.17) is 5.73 Å². The lowest BCUT2D eigenvalue weighted by atomic mass is 9.97. The summed E-state index contributed by atoms with van der Waals surface area (Å²) < 4.78 is 0. The molecule has 168 valence electrons. The quantitative estimate of drug-likeness (QED) is 0.638. The normalized spacial score (nSPS) is 16.8. The van der Waals surface area contributed by atoms with Crippen LogP contribution in [0.5, 0.6) is 0 Å². The van der Waals surface area contributed by atoms with Crippen LogP contribution < -0.4 is 11.1 Å². The second-order valence-corrected chi connectivity index (χ2v) is 8.73. The third kappa shape index (κ3) is 4.25. The van der Waals surface area contributed by atoms with Crippen LogP contribution in [0.4, 0.5) is 11.6 Å². The van der Waals surface area contributed by atoms with Crippen molar-refractivity contribution in [2.24, 2.45) is 5.92 Å². The van der Waals surface area contributed by atoms with Gasteiger partial charge in [0.2, 0.25) is 0 Å². The second kappa shape index (κ2) is 9.12. The van der Waals surface area contributed by atoms with E-state index in [2.05, 4.69) is 33.3 Å². The van der Waals surface area contributed by atoms with Crippen molar-refractivity contribution in [2.75, 3.05) is 37.7 Å². The highest BCUT2D eigenvalue weighted by atomic mass is 16.2. The fraction of sp³-hybridized carbons (Fsp3) is 0.400. The SMILES string of the molecule is C.CN1CCC(CNc2nccc3c2C(=O)N(Cc2ccc4c(N)nccc4c2)C3)CC1. The number of benzene rings is 1. The standard InChI is InChI=1S/C24H28N6O.CH4/c1-29-10-6-16(7-11-29)13-28-23-21-19(5-9-27-23)15-30(24(21)31)14-17-2-3-20-18(12-17)4-8-26-22(20)25;/h2-5,8-9,12,16H,6-7,10-11,13-15H2,1H3,(H2,25,26)(H,27,28);1H4. The van der Waals surface area contributed by atoms with E-state index in [0.29, 0.717) is 24.8 Å². The average Bonchev–Trinajstić information content (AvgIpc) is 3.09. The Morgan fingerprint density at radius 2 is 1.91 bits per heavy atom. The number of nitrogen functional groups attached to an aromatic ring is 1. The minimum atomic E-state index is 0. The number of rotatable bonds is 5. The predicted octanol–water partition coefficient (Wildman–Crippen LogP) is 3.76. The zero-order valence-corrected chi connectivity index (χ0v) is 17.8. The third-order valence-electron chi connectivity index (χ3n) is 6.53. The fourth-order valence-corrected chi connectivity index (χ4v) is 4.65. The summed E-state index contributed by atoms with van der Waals surface area (Å²) in [5.41, 5.74) is 8.81. The van der Waals surface area contributed by atoms with Crippen molar-refractivity contribution in [1.29, 1.82) is 0 Å². The molecule has 1 fully saturated rings. The summed E-state index contributed by atoms with van der Waals surface area (Å²) in [4.78, 5) is 26.1. The summed E-state index contributed by atoms with van der Waals surface area (Å²) in [7, 11) is 2.17. The van der Waals surface area contributed by atoms with E-state index in [-0.39, 0.29) is 13.3 Å². The first-order valence-corrected chi connectivity index (χ1v) is 10.9. The van der Waals surface area contributed by atoms with Crippen molar-refractivity contribution < 1.29 is 4.79 Å². The largest absolute Gasteiger partial charge is 0.383 e. The Hall–Kier alpha value is -3.19. The van der Waals surface area contributed by atoms with Crippen LogP contribution in [-0.2, 0) is 13.1 Å². The molecule has 0 atom stereocenters. The van der Waals surface area contributed by atoms with Crippen LogP contribution in [0.25, 0.3) is 10.8 Å². The average molecular weight is 433 g/mol. The predicted molar refractivity (Wildman–Crippen MR) is 129 cm³/mol. The highest BCUT2D eigenvalue weighted by Crippen LogP contribution is 2.30. The molecular weight excluding hydrogens is 400 g/mol. The molecule has 0 saturated carbocycles. The number of piperidine rings is 1. The molecule has 3 N–H and O–H groups in total. The number of amides is 1. The molecule has 7 nitrogen and oxygen atoms in total. The number of anilines is 2. The molecule has 3 aromatic rings. The van der Waals surface area contributed by atoms with E-state index < -0.39 is 0 Å². The van der Waals surface area contributed by atoms with Gasteiger partial charge in [-0.3, -0.25) is 4.79 Å². The molecule has 0 aliphatic carbocycles. The van der Waals surface area contributed by atoms with Gasteiger partial charge in [0.25, 0.3) is 5.91 Å². The van der Waals surface area contributed by atoms with Crippen LogP contribution in [0.1, 0.15) is 41.8 Å². The van der Waals surface area contributed by atoms with Crippen molar-refractivity contribution in [1.82, 2.24) is 19.8 Å². The van der Waals surface area contributed by atoms with Crippen LogP contribution in [0.2, 0.25) is 0 Å². The van der Waals surface area contributed by atoms with E-state index in [0.717, 1.165) is 52.9 Å². The molecule has 0 bridgehead atoms. The number of carbonyl (C=O) groups is 1. The maximum Gasteiger partial charge on any atom is 0.258 e. The summed E-state index contributed by atoms with van der Waals surface area (Å²) >= 11 is 0. The zero-order valence-electron chi connectivity index (χ0n) is 17.8. The van der Waals surface area contributed by atoms with Crippen molar-refractivity contribution in [3.63, 3.8) is 0 Å². The first-order valence-electron chi connectivity index (χ1n) is 10.9. The van der Waals surface area contributed by atoms with Crippen LogP contribution in [0.3, 0.4) is 0 Å². The Bertz CT molecular complexity index is 1120. The fourth-order valence-electron chi connectivity index (χ4n) is 4.65. The molecule has 1 aromatic carbocycles. The Balaban J connectivity index is 0.00000245. The lowest BCUT2D eigenvalue weighted by molar-refractivity contribution is 0.0767. The molecule has 2 aromatic heterocycles. The highest BCUT2D eigenvalue weighted by molar-refractivity contribution is 6.02. The minimum absolute atomic E-state index is 0. The smallest absolute Gasteiger partial charge is 0.258 e. The molecule has 32 heavy (non-hydrogen) atoms. The van der Waals surface area contributed by atoms with Gasteiger partial charge in [0.05, 0.1) is 5.56 Å². The van der Waals surface area contributed by atoms with Crippen molar-refractivity contribution >= 4 is 28.3 Å².